The van der Waals surface area contributed by atoms with Gasteiger partial charge in [0.15, 0.2) is 11.5 Å². The molecule has 0 radical (unpaired) electrons. The summed E-state index contributed by atoms with van der Waals surface area (Å²) < 4.78 is 17.7. The Bertz CT molecular complexity index is 1140. The summed E-state index contributed by atoms with van der Waals surface area (Å²) in [5.74, 6) is 2.15. The molecule has 0 aliphatic carbocycles. The van der Waals surface area contributed by atoms with Gasteiger partial charge in [0.1, 0.15) is 16.5 Å². The quantitative estimate of drug-likeness (QED) is 0.471. The van der Waals surface area contributed by atoms with Crippen molar-refractivity contribution in [3.05, 3.63) is 53.5 Å². The monoisotopic (exact) mass is 408 g/mol. The number of rotatable bonds is 6. The van der Waals surface area contributed by atoms with Crippen molar-refractivity contribution in [2.24, 2.45) is 0 Å². The van der Waals surface area contributed by atoms with E-state index >= 15 is 0 Å². The van der Waals surface area contributed by atoms with Gasteiger partial charge in [-0.3, -0.25) is 0 Å². The van der Waals surface area contributed by atoms with Crippen LogP contribution in [-0.4, -0.2) is 41.3 Å². The van der Waals surface area contributed by atoms with Crippen LogP contribution < -0.4 is 14.2 Å². The third kappa shape index (κ3) is 3.54. The minimum absolute atomic E-state index is 0.668. The van der Waals surface area contributed by atoms with Gasteiger partial charge in [-0.15, -0.1) is 16.4 Å². The Morgan fingerprint density at radius 1 is 0.897 bits per heavy atom. The maximum atomic E-state index is 5.39. The van der Waals surface area contributed by atoms with E-state index in [0.717, 1.165) is 39.1 Å². The molecule has 0 unspecified atom stereocenters. The normalized spacial score (nSPS) is 10.8. The van der Waals surface area contributed by atoms with Crippen LogP contribution in [0.1, 0.15) is 5.69 Å². The smallest absolute Gasteiger partial charge is 0.161 e. The van der Waals surface area contributed by atoms with Crippen LogP contribution in [0.2, 0.25) is 0 Å². The highest BCUT2D eigenvalue weighted by atomic mass is 32.1. The fourth-order valence-electron chi connectivity index (χ4n) is 3.01. The summed E-state index contributed by atoms with van der Waals surface area (Å²) in [5, 5.41) is 11.5. The highest BCUT2D eigenvalue weighted by Crippen LogP contribution is 2.35. The topological polar surface area (TPSA) is 71.3 Å². The van der Waals surface area contributed by atoms with E-state index in [4.69, 9.17) is 19.2 Å². The number of hydrogen-bond donors (Lipinski definition) is 0. The van der Waals surface area contributed by atoms with Crippen molar-refractivity contribution in [1.29, 1.82) is 0 Å². The molecule has 0 fully saturated rings. The van der Waals surface area contributed by atoms with Crippen molar-refractivity contribution in [1.82, 2.24) is 20.0 Å². The number of ether oxygens (including phenoxy) is 3. The van der Waals surface area contributed by atoms with E-state index in [2.05, 4.69) is 10.3 Å². The molecule has 4 aromatic rings. The number of methoxy groups -OCH3 is 3. The van der Waals surface area contributed by atoms with Crippen molar-refractivity contribution in [3.63, 3.8) is 0 Å². The van der Waals surface area contributed by atoms with E-state index in [1.54, 1.807) is 26.0 Å². The lowest BCUT2D eigenvalue weighted by molar-refractivity contribution is 0.355. The zero-order chi connectivity index (χ0) is 20.4. The third-order valence-corrected chi connectivity index (χ3v) is 5.45. The molecule has 0 aliphatic heterocycles. The molecule has 0 saturated carbocycles. The number of thiazole rings is 1. The predicted octanol–water partition coefficient (Wildman–Crippen LogP) is 4.39. The van der Waals surface area contributed by atoms with Gasteiger partial charge in [0, 0.05) is 10.9 Å². The van der Waals surface area contributed by atoms with Gasteiger partial charge in [-0.05, 0) is 49.4 Å². The Balaban J connectivity index is 1.66. The summed E-state index contributed by atoms with van der Waals surface area (Å²) in [6, 6.07) is 13.4. The molecule has 0 bridgehead atoms. The molecule has 0 atom stereocenters. The Kier molecular flexibility index (Phi) is 5.18. The SMILES string of the molecule is COc1ccc(-n2nnc(-c3nc(-c4ccc(OC)c(OC)c4)cs3)c2C)cc1. The predicted molar refractivity (Wildman–Crippen MR) is 112 cm³/mol. The van der Waals surface area contributed by atoms with Gasteiger partial charge in [-0.2, -0.15) is 0 Å². The summed E-state index contributed by atoms with van der Waals surface area (Å²) >= 11 is 1.53. The highest BCUT2D eigenvalue weighted by molar-refractivity contribution is 7.13. The fraction of sp³-hybridized carbons (Fsp3) is 0.190. The number of aromatic nitrogens is 4. The summed E-state index contributed by atoms with van der Waals surface area (Å²) in [7, 11) is 4.88. The second-order valence-electron chi connectivity index (χ2n) is 6.24. The molecule has 29 heavy (non-hydrogen) atoms. The molecule has 0 saturated heterocycles. The average Bonchev–Trinajstić information content (AvgIpc) is 3.40. The van der Waals surface area contributed by atoms with Crippen LogP contribution in [0.5, 0.6) is 17.2 Å². The van der Waals surface area contributed by atoms with Gasteiger partial charge in [-0.25, -0.2) is 9.67 Å². The first-order valence-corrected chi connectivity index (χ1v) is 9.77. The van der Waals surface area contributed by atoms with Crippen LogP contribution in [0.25, 0.3) is 27.6 Å². The molecule has 0 aliphatic rings. The van der Waals surface area contributed by atoms with Gasteiger partial charge in [0.2, 0.25) is 0 Å². The van der Waals surface area contributed by atoms with Gasteiger partial charge >= 0.3 is 0 Å². The minimum Gasteiger partial charge on any atom is -0.497 e. The summed E-state index contributed by atoms with van der Waals surface area (Å²) in [4.78, 5) is 4.76. The van der Waals surface area contributed by atoms with E-state index in [1.165, 1.54) is 11.3 Å². The summed E-state index contributed by atoms with van der Waals surface area (Å²) in [5.41, 5.74) is 4.40. The lowest BCUT2D eigenvalue weighted by atomic mass is 10.1. The van der Waals surface area contributed by atoms with Crippen LogP contribution in [0.3, 0.4) is 0 Å². The molecule has 7 nitrogen and oxygen atoms in total. The van der Waals surface area contributed by atoms with Gasteiger partial charge < -0.3 is 14.2 Å². The number of benzene rings is 2. The molecule has 4 rings (SSSR count). The fourth-order valence-corrected chi connectivity index (χ4v) is 3.87. The second kappa shape index (κ2) is 7.92. The number of nitrogens with zero attached hydrogens (tertiary/aromatic N) is 4. The molecule has 0 N–H and O–H groups in total. The van der Waals surface area contributed by atoms with Gasteiger partial charge in [0.05, 0.1) is 38.4 Å². The molecule has 2 aromatic heterocycles. The molecule has 0 spiro atoms. The molecule has 148 valence electrons. The van der Waals surface area contributed by atoms with Crippen molar-refractivity contribution >= 4 is 11.3 Å². The molecular weight excluding hydrogens is 388 g/mol. The molecular formula is C21H20N4O3S. The number of hydrogen-bond acceptors (Lipinski definition) is 7. The van der Waals surface area contributed by atoms with Crippen LogP contribution in [0.15, 0.2) is 47.8 Å². The summed E-state index contributed by atoms with van der Waals surface area (Å²) in [6.07, 6.45) is 0. The van der Waals surface area contributed by atoms with Crippen LogP contribution in [0, 0.1) is 6.92 Å². The largest absolute Gasteiger partial charge is 0.497 e. The lowest BCUT2D eigenvalue weighted by Crippen LogP contribution is -1.99. The Labute approximate surface area is 172 Å². The first kappa shape index (κ1) is 18.9. The second-order valence-corrected chi connectivity index (χ2v) is 7.10. The molecule has 8 heteroatoms. The van der Waals surface area contributed by atoms with Crippen LogP contribution in [0.4, 0.5) is 0 Å². The van der Waals surface area contributed by atoms with Crippen molar-refractivity contribution in [3.8, 4) is 44.9 Å². The van der Waals surface area contributed by atoms with Crippen LogP contribution >= 0.6 is 11.3 Å². The zero-order valence-corrected chi connectivity index (χ0v) is 17.4. The Hall–Kier alpha value is -3.39. The maximum absolute atomic E-state index is 5.39. The Morgan fingerprint density at radius 3 is 2.34 bits per heavy atom. The molecule has 2 aromatic carbocycles. The average molecular weight is 408 g/mol. The lowest BCUT2D eigenvalue weighted by Gasteiger charge is -2.08. The standard InChI is InChI=1S/C21H20N4O3S/c1-13-20(23-24-25(13)15-6-8-16(26-2)9-7-15)21-22-17(12-29-21)14-5-10-18(27-3)19(11-14)28-4/h5-12H,1-4H3. The minimum atomic E-state index is 0.668. The van der Waals surface area contributed by atoms with Gasteiger partial charge in [0.25, 0.3) is 0 Å². The first-order valence-electron chi connectivity index (χ1n) is 8.89. The van der Waals surface area contributed by atoms with Crippen LogP contribution in [-0.2, 0) is 0 Å². The van der Waals surface area contributed by atoms with Crippen molar-refractivity contribution in [2.45, 2.75) is 6.92 Å². The van der Waals surface area contributed by atoms with E-state index in [0.29, 0.717) is 11.5 Å². The first-order chi connectivity index (χ1) is 14.1. The van der Waals surface area contributed by atoms with E-state index in [9.17, 15) is 0 Å². The molecule has 0 amide bonds. The van der Waals surface area contributed by atoms with E-state index in [1.807, 2.05) is 54.8 Å². The Morgan fingerprint density at radius 2 is 1.66 bits per heavy atom. The molecule has 2 heterocycles. The van der Waals surface area contributed by atoms with Crippen molar-refractivity contribution in [2.75, 3.05) is 21.3 Å². The third-order valence-electron chi connectivity index (χ3n) is 4.60. The highest BCUT2D eigenvalue weighted by Gasteiger charge is 2.17. The van der Waals surface area contributed by atoms with Gasteiger partial charge in [-0.1, -0.05) is 5.21 Å². The summed E-state index contributed by atoms with van der Waals surface area (Å²) in [6.45, 7) is 1.98. The maximum Gasteiger partial charge on any atom is 0.161 e. The zero-order valence-electron chi connectivity index (χ0n) is 16.5. The van der Waals surface area contributed by atoms with E-state index in [-0.39, 0.29) is 0 Å². The van der Waals surface area contributed by atoms with E-state index < -0.39 is 0 Å². The van der Waals surface area contributed by atoms with Crippen molar-refractivity contribution < 1.29 is 14.2 Å².